The highest BCUT2D eigenvalue weighted by atomic mass is 32.1. The second-order valence-corrected chi connectivity index (χ2v) is 4.52. The van der Waals surface area contributed by atoms with Gasteiger partial charge < -0.3 is 10.4 Å². The molecule has 0 bridgehead atoms. The number of hydrogen-bond acceptors (Lipinski definition) is 5. The molecule has 0 saturated carbocycles. The molecule has 2 rings (SSSR count). The zero-order valence-electron chi connectivity index (χ0n) is 9.27. The van der Waals surface area contributed by atoms with E-state index in [4.69, 9.17) is 0 Å². The van der Waals surface area contributed by atoms with E-state index in [2.05, 4.69) is 15.5 Å². The highest BCUT2D eigenvalue weighted by Gasteiger charge is 2.07. The van der Waals surface area contributed by atoms with Crippen molar-refractivity contribution in [1.29, 1.82) is 0 Å². The van der Waals surface area contributed by atoms with Crippen molar-refractivity contribution in [3.05, 3.63) is 34.6 Å². The van der Waals surface area contributed by atoms with Gasteiger partial charge in [0, 0.05) is 12.1 Å². The third-order valence-corrected chi connectivity index (χ3v) is 3.29. The molecular formula is C11H12FN3OS. The highest BCUT2D eigenvalue weighted by molar-refractivity contribution is 7.15. The van der Waals surface area contributed by atoms with E-state index in [9.17, 15) is 9.50 Å². The summed E-state index contributed by atoms with van der Waals surface area (Å²) in [6.45, 7) is 2.32. The summed E-state index contributed by atoms with van der Waals surface area (Å²) in [6.07, 6.45) is 0.838. The summed E-state index contributed by atoms with van der Waals surface area (Å²) in [5.74, 6) is -0.934. The molecule has 1 heterocycles. The van der Waals surface area contributed by atoms with E-state index in [0.717, 1.165) is 11.4 Å². The Morgan fingerprint density at radius 2 is 2.24 bits per heavy atom. The van der Waals surface area contributed by atoms with Gasteiger partial charge in [-0.15, -0.1) is 10.2 Å². The van der Waals surface area contributed by atoms with Gasteiger partial charge in [0.2, 0.25) is 5.13 Å². The summed E-state index contributed by atoms with van der Waals surface area (Å²) in [6, 6.07) is 4.44. The van der Waals surface area contributed by atoms with Crippen LogP contribution in [0.1, 0.15) is 17.5 Å². The molecule has 2 N–H and O–H groups in total. The first-order chi connectivity index (χ1) is 8.20. The third kappa shape index (κ3) is 2.71. The minimum Gasteiger partial charge on any atom is -0.505 e. The molecule has 0 atom stereocenters. The van der Waals surface area contributed by atoms with Gasteiger partial charge in [0.1, 0.15) is 5.01 Å². The first kappa shape index (κ1) is 11.8. The first-order valence-corrected chi connectivity index (χ1v) is 6.05. The van der Waals surface area contributed by atoms with Crippen LogP contribution in [0.4, 0.5) is 9.52 Å². The van der Waals surface area contributed by atoms with Crippen LogP contribution < -0.4 is 5.32 Å². The van der Waals surface area contributed by atoms with Gasteiger partial charge in [0.15, 0.2) is 11.6 Å². The predicted octanol–water partition coefficient (Wildman–Crippen LogP) is 2.56. The number of phenols is 1. The molecule has 2 aromatic rings. The van der Waals surface area contributed by atoms with E-state index in [1.54, 1.807) is 12.1 Å². The molecular weight excluding hydrogens is 241 g/mol. The number of phenolic OH excluding ortho intramolecular Hbond substituents is 1. The van der Waals surface area contributed by atoms with Crippen LogP contribution in [0.5, 0.6) is 5.75 Å². The predicted molar refractivity (Wildman–Crippen MR) is 64.7 cm³/mol. The van der Waals surface area contributed by atoms with Crippen molar-refractivity contribution in [3.63, 3.8) is 0 Å². The average Bonchev–Trinajstić information content (AvgIpc) is 2.79. The van der Waals surface area contributed by atoms with Gasteiger partial charge >= 0.3 is 0 Å². The maximum absolute atomic E-state index is 13.1. The van der Waals surface area contributed by atoms with Crippen LogP contribution in [0.15, 0.2) is 18.2 Å². The minimum atomic E-state index is -0.615. The van der Waals surface area contributed by atoms with Crippen molar-refractivity contribution in [2.24, 2.45) is 0 Å². The van der Waals surface area contributed by atoms with Crippen molar-refractivity contribution in [1.82, 2.24) is 10.2 Å². The summed E-state index contributed by atoms with van der Waals surface area (Å²) in [4.78, 5) is 0. The molecule has 0 aliphatic rings. The Balaban J connectivity index is 2.04. The number of anilines is 1. The molecule has 1 aromatic carbocycles. The Hall–Kier alpha value is -1.69. The fourth-order valence-corrected chi connectivity index (χ4v) is 2.02. The maximum Gasteiger partial charge on any atom is 0.205 e. The summed E-state index contributed by atoms with van der Waals surface area (Å²) < 4.78 is 13.1. The number of aromatic hydroxyl groups is 1. The van der Waals surface area contributed by atoms with Crippen molar-refractivity contribution in [2.45, 2.75) is 19.9 Å². The lowest BCUT2D eigenvalue weighted by atomic mass is 10.2. The molecule has 4 nitrogen and oxygen atoms in total. The number of benzene rings is 1. The van der Waals surface area contributed by atoms with Gasteiger partial charge in [-0.3, -0.25) is 0 Å². The summed E-state index contributed by atoms with van der Waals surface area (Å²) in [5.41, 5.74) is 0.498. The van der Waals surface area contributed by atoms with Crippen molar-refractivity contribution in [2.75, 3.05) is 5.32 Å². The van der Waals surface area contributed by atoms with Crippen molar-refractivity contribution in [3.8, 4) is 5.75 Å². The SMILES string of the molecule is CCc1nnc(NCc2cccc(F)c2O)s1. The van der Waals surface area contributed by atoms with Gasteiger partial charge in [-0.05, 0) is 12.5 Å². The molecule has 6 heteroatoms. The zero-order valence-corrected chi connectivity index (χ0v) is 10.1. The smallest absolute Gasteiger partial charge is 0.205 e. The average molecular weight is 253 g/mol. The van der Waals surface area contributed by atoms with Crippen molar-refractivity contribution >= 4 is 16.5 Å². The number of aryl methyl sites for hydroxylation is 1. The number of nitrogens with one attached hydrogen (secondary N) is 1. The van der Waals surface area contributed by atoms with Crippen LogP contribution in [-0.4, -0.2) is 15.3 Å². The molecule has 0 aliphatic heterocycles. The normalized spacial score (nSPS) is 10.5. The Morgan fingerprint density at radius 3 is 2.94 bits per heavy atom. The van der Waals surface area contributed by atoms with Gasteiger partial charge in [-0.25, -0.2) is 4.39 Å². The number of aromatic nitrogens is 2. The topological polar surface area (TPSA) is 58.0 Å². The lowest BCUT2D eigenvalue weighted by Crippen LogP contribution is -2.00. The van der Waals surface area contributed by atoms with Crippen LogP contribution in [0, 0.1) is 5.82 Å². The summed E-state index contributed by atoms with van der Waals surface area (Å²) >= 11 is 1.45. The molecule has 17 heavy (non-hydrogen) atoms. The first-order valence-electron chi connectivity index (χ1n) is 5.23. The van der Waals surface area contributed by atoms with Crippen LogP contribution in [0.2, 0.25) is 0 Å². The largest absolute Gasteiger partial charge is 0.505 e. The van der Waals surface area contributed by atoms with E-state index in [1.165, 1.54) is 17.4 Å². The monoisotopic (exact) mass is 253 g/mol. The van der Waals surface area contributed by atoms with E-state index >= 15 is 0 Å². The number of nitrogens with zero attached hydrogens (tertiary/aromatic N) is 2. The molecule has 0 spiro atoms. The maximum atomic E-state index is 13.1. The zero-order chi connectivity index (χ0) is 12.3. The van der Waals surface area contributed by atoms with Gasteiger partial charge in [0.25, 0.3) is 0 Å². The summed E-state index contributed by atoms with van der Waals surface area (Å²) in [5, 5.41) is 22.0. The number of hydrogen-bond donors (Lipinski definition) is 2. The molecule has 0 unspecified atom stereocenters. The number of halogens is 1. The number of para-hydroxylation sites is 1. The van der Waals surface area contributed by atoms with Crippen LogP contribution in [0.25, 0.3) is 0 Å². The van der Waals surface area contributed by atoms with Crippen molar-refractivity contribution < 1.29 is 9.50 Å². The Bertz CT molecular complexity index is 515. The van der Waals surface area contributed by atoms with E-state index in [1.807, 2.05) is 6.92 Å². The van der Waals surface area contributed by atoms with Gasteiger partial charge in [-0.1, -0.05) is 30.4 Å². The molecule has 0 aliphatic carbocycles. The van der Waals surface area contributed by atoms with Gasteiger partial charge in [0.05, 0.1) is 0 Å². The molecule has 0 fully saturated rings. The molecule has 0 radical (unpaired) electrons. The fraction of sp³-hybridized carbons (Fsp3) is 0.273. The Kier molecular flexibility index (Phi) is 3.53. The Labute approximate surface area is 102 Å². The molecule has 0 saturated heterocycles. The van der Waals surface area contributed by atoms with E-state index < -0.39 is 5.82 Å². The Morgan fingerprint density at radius 1 is 1.41 bits per heavy atom. The molecule has 0 amide bonds. The lowest BCUT2D eigenvalue weighted by Gasteiger charge is -2.05. The number of rotatable bonds is 4. The van der Waals surface area contributed by atoms with Crippen LogP contribution in [-0.2, 0) is 13.0 Å². The second kappa shape index (κ2) is 5.09. The van der Waals surface area contributed by atoms with Crippen LogP contribution in [0.3, 0.4) is 0 Å². The van der Waals surface area contributed by atoms with Gasteiger partial charge in [-0.2, -0.15) is 0 Å². The standard InChI is InChI=1S/C11H12FN3OS/c1-2-9-14-15-11(17-9)13-6-7-4-3-5-8(12)10(7)16/h3-5,16H,2,6H2,1H3,(H,13,15). The van der Waals surface area contributed by atoms with E-state index in [-0.39, 0.29) is 5.75 Å². The highest BCUT2D eigenvalue weighted by Crippen LogP contribution is 2.22. The second-order valence-electron chi connectivity index (χ2n) is 3.46. The third-order valence-electron chi connectivity index (χ3n) is 2.27. The quantitative estimate of drug-likeness (QED) is 0.879. The van der Waals surface area contributed by atoms with E-state index in [0.29, 0.717) is 17.2 Å². The molecule has 1 aromatic heterocycles. The van der Waals surface area contributed by atoms with Crippen LogP contribution >= 0.6 is 11.3 Å². The lowest BCUT2D eigenvalue weighted by molar-refractivity contribution is 0.427. The molecule has 90 valence electrons. The summed E-state index contributed by atoms with van der Waals surface area (Å²) in [7, 11) is 0. The minimum absolute atomic E-state index is 0.319. The fourth-order valence-electron chi connectivity index (χ4n) is 1.34.